The molecule has 1 saturated heterocycles. The number of benzene rings is 1. The van der Waals surface area contributed by atoms with Crippen LogP contribution < -0.4 is 4.90 Å². The van der Waals surface area contributed by atoms with Crippen LogP contribution in [0.25, 0.3) is 10.9 Å². The largest absolute Gasteiger partial charge is 0.400 e. The van der Waals surface area contributed by atoms with Gasteiger partial charge in [-0.1, -0.05) is 33.1 Å². The maximum Gasteiger partial charge on any atom is 0.0944 e. The molecule has 146 valence electrons. The first-order chi connectivity index (χ1) is 12.8. The number of aliphatic hydroxyl groups is 1. The normalized spacial score (nSPS) is 18.0. The zero-order valence-electron chi connectivity index (χ0n) is 16.2. The van der Waals surface area contributed by atoms with Gasteiger partial charge in [0.25, 0.3) is 0 Å². The maximum atomic E-state index is 7.00. The molecule has 0 spiro atoms. The molecule has 1 N–H and O–H groups in total. The molecule has 1 aliphatic heterocycles. The third-order valence-corrected chi connectivity index (χ3v) is 5.53. The molecule has 0 radical (unpaired) electrons. The minimum absolute atomic E-state index is 0.590. The van der Waals surface area contributed by atoms with Gasteiger partial charge in [0.2, 0.25) is 0 Å². The summed E-state index contributed by atoms with van der Waals surface area (Å²) in [7, 11) is 1.00. The Morgan fingerprint density at radius 3 is 2.38 bits per heavy atom. The van der Waals surface area contributed by atoms with E-state index in [4.69, 9.17) is 14.9 Å². The summed E-state index contributed by atoms with van der Waals surface area (Å²) in [5.74, 6) is 0. The minimum Gasteiger partial charge on any atom is -0.400 e. The maximum absolute atomic E-state index is 7.00. The second kappa shape index (κ2) is 10.9. The summed E-state index contributed by atoms with van der Waals surface area (Å²) in [5, 5.41) is 13.1. The summed E-state index contributed by atoms with van der Waals surface area (Å²) in [4.78, 5) is 2.38. The first-order valence-corrected chi connectivity index (χ1v) is 10.6. The molecule has 2 aromatic rings. The van der Waals surface area contributed by atoms with Crippen molar-refractivity contribution < 1.29 is 9.84 Å². The van der Waals surface area contributed by atoms with Gasteiger partial charge in [-0.15, -0.1) is 0 Å². The zero-order valence-corrected chi connectivity index (χ0v) is 17.8. The summed E-state index contributed by atoms with van der Waals surface area (Å²) >= 11 is 3.74. The van der Waals surface area contributed by atoms with Gasteiger partial charge >= 0.3 is 0 Å². The fraction of sp³-hybridized carbons (Fsp3) is 0.650. The van der Waals surface area contributed by atoms with E-state index in [9.17, 15) is 0 Å². The van der Waals surface area contributed by atoms with Crippen LogP contribution in [-0.4, -0.2) is 48.3 Å². The Kier molecular flexibility index (Phi) is 8.88. The van der Waals surface area contributed by atoms with Crippen LogP contribution in [0.5, 0.6) is 0 Å². The van der Waals surface area contributed by atoms with Crippen LogP contribution in [0.1, 0.15) is 52.0 Å². The fourth-order valence-corrected chi connectivity index (χ4v) is 4.24. The predicted octanol–water partition coefficient (Wildman–Crippen LogP) is 4.78. The molecule has 0 amide bonds. The standard InChI is InChI=1S/C17H22BrN3O.C2H6.CH4O/c18-15-10-13-12-21(14-4-2-1-3-5-14)19-16(13)11-17(15)20-6-8-22-9-7-20;2*1-2/h10-12,14H,1-9H2;1-2H3;2H,1H3. The second-order valence-corrected chi connectivity index (χ2v) is 7.22. The van der Waals surface area contributed by atoms with Crippen molar-refractivity contribution in [2.45, 2.75) is 52.0 Å². The molecule has 2 fully saturated rings. The van der Waals surface area contributed by atoms with E-state index in [2.05, 4.69) is 43.8 Å². The lowest BCUT2D eigenvalue weighted by molar-refractivity contribution is 0.122. The summed E-state index contributed by atoms with van der Waals surface area (Å²) in [5.41, 5.74) is 2.35. The Labute approximate surface area is 165 Å². The number of morpholine rings is 1. The third kappa shape index (κ3) is 4.99. The Morgan fingerprint density at radius 1 is 1.08 bits per heavy atom. The highest BCUT2D eigenvalue weighted by Gasteiger charge is 2.19. The Bertz CT molecular complexity index is 662. The number of halogens is 1. The number of fused-ring (bicyclic) bond motifs is 1. The molecule has 2 heterocycles. The summed E-state index contributed by atoms with van der Waals surface area (Å²) < 4.78 is 8.82. The van der Waals surface area contributed by atoms with Gasteiger partial charge in [-0.2, -0.15) is 5.10 Å². The summed E-state index contributed by atoms with van der Waals surface area (Å²) in [6.45, 7) is 7.52. The van der Waals surface area contributed by atoms with Gasteiger partial charge in [0.15, 0.2) is 0 Å². The Balaban J connectivity index is 0.000000570. The molecule has 4 rings (SSSR count). The van der Waals surface area contributed by atoms with Crippen LogP contribution in [0.15, 0.2) is 22.8 Å². The van der Waals surface area contributed by atoms with Gasteiger partial charge in [-0.25, -0.2) is 0 Å². The third-order valence-electron chi connectivity index (χ3n) is 4.89. The van der Waals surface area contributed by atoms with Gasteiger partial charge < -0.3 is 14.7 Å². The van der Waals surface area contributed by atoms with Crippen molar-refractivity contribution in [1.29, 1.82) is 0 Å². The van der Waals surface area contributed by atoms with Crippen molar-refractivity contribution in [3.05, 3.63) is 22.8 Å². The van der Waals surface area contributed by atoms with E-state index in [1.807, 2.05) is 13.8 Å². The minimum atomic E-state index is 0.590. The van der Waals surface area contributed by atoms with Gasteiger partial charge in [0, 0.05) is 36.3 Å². The van der Waals surface area contributed by atoms with Crippen LogP contribution in [0, 0.1) is 0 Å². The van der Waals surface area contributed by atoms with Crippen LogP contribution in [-0.2, 0) is 4.74 Å². The number of aromatic nitrogens is 2. The number of nitrogens with zero attached hydrogens (tertiary/aromatic N) is 3. The molecule has 1 aromatic carbocycles. The van der Waals surface area contributed by atoms with Gasteiger partial charge in [0.05, 0.1) is 30.5 Å². The Morgan fingerprint density at radius 2 is 1.73 bits per heavy atom. The van der Waals surface area contributed by atoms with E-state index >= 15 is 0 Å². The highest BCUT2D eigenvalue weighted by atomic mass is 79.9. The lowest BCUT2D eigenvalue weighted by Gasteiger charge is -2.29. The molecular weight excluding hydrogens is 394 g/mol. The van der Waals surface area contributed by atoms with Crippen LogP contribution in [0.3, 0.4) is 0 Å². The van der Waals surface area contributed by atoms with E-state index in [1.54, 1.807) is 0 Å². The van der Waals surface area contributed by atoms with E-state index in [-0.39, 0.29) is 0 Å². The number of rotatable bonds is 2. The SMILES string of the molecule is Brc1cc2cn(C3CCCCC3)nc2cc1N1CCOCC1.CC.CO. The molecule has 6 heteroatoms. The van der Waals surface area contributed by atoms with Crippen molar-refractivity contribution in [2.75, 3.05) is 38.3 Å². The molecular formula is C20H32BrN3O2. The smallest absolute Gasteiger partial charge is 0.0944 e. The topological polar surface area (TPSA) is 50.5 Å². The van der Waals surface area contributed by atoms with Crippen LogP contribution in [0.2, 0.25) is 0 Å². The first kappa shape index (κ1) is 21.2. The molecule has 0 bridgehead atoms. The molecule has 0 unspecified atom stereocenters. The Hall–Kier alpha value is -1.11. The lowest BCUT2D eigenvalue weighted by atomic mass is 9.96. The number of aliphatic hydroxyl groups excluding tert-OH is 1. The van der Waals surface area contributed by atoms with Crippen molar-refractivity contribution in [2.24, 2.45) is 0 Å². The van der Waals surface area contributed by atoms with Gasteiger partial charge in [-0.05, 0) is 40.9 Å². The van der Waals surface area contributed by atoms with E-state index in [0.717, 1.165) is 43.4 Å². The quantitative estimate of drug-likeness (QED) is 0.751. The number of ether oxygens (including phenoxy) is 1. The van der Waals surface area contributed by atoms with Crippen LogP contribution in [0.4, 0.5) is 5.69 Å². The second-order valence-electron chi connectivity index (χ2n) is 6.36. The average molecular weight is 426 g/mol. The molecule has 0 atom stereocenters. The van der Waals surface area contributed by atoms with Gasteiger partial charge in [-0.3, -0.25) is 4.68 Å². The van der Waals surface area contributed by atoms with Crippen LogP contribution >= 0.6 is 15.9 Å². The van der Waals surface area contributed by atoms with Crippen molar-refractivity contribution in [3.8, 4) is 0 Å². The summed E-state index contributed by atoms with van der Waals surface area (Å²) in [6, 6.07) is 5.03. The molecule has 5 nitrogen and oxygen atoms in total. The monoisotopic (exact) mass is 425 g/mol. The number of hydrogen-bond donors (Lipinski definition) is 1. The van der Waals surface area contributed by atoms with Crippen molar-refractivity contribution in [3.63, 3.8) is 0 Å². The summed E-state index contributed by atoms with van der Waals surface area (Å²) in [6.07, 6.45) is 8.81. The lowest BCUT2D eigenvalue weighted by Crippen LogP contribution is -2.36. The number of hydrogen-bond acceptors (Lipinski definition) is 4. The molecule has 1 aliphatic carbocycles. The highest BCUT2D eigenvalue weighted by molar-refractivity contribution is 9.10. The molecule has 26 heavy (non-hydrogen) atoms. The zero-order chi connectivity index (χ0) is 18.9. The molecule has 1 saturated carbocycles. The van der Waals surface area contributed by atoms with Gasteiger partial charge in [0.1, 0.15) is 0 Å². The first-order valence-electron chi connectivity index (χ1n) is 9.77. The number of anilines is 1. The molecule has 1 aromatic heterocycles. The van der Waals surface area contributed by atoms with E-state index in [1.165, 1.54) is 43.2 Å². The average Bonchev–Trinajstić information content (AvgIpc) is 3.14. The van der Waals surface area contributed by atoms with Crippen molar-refractivity contribution >= 4 is 32.5 Å². The highest BCUT2D eigenvalue weighted by Crippen LogP contribution is 2.33. The van der Waals surface area contributed by atoms with Crippen molar-refractivity contribution in [1.82, 2.24) is 9.78 Å². The molecule has 2 aliphatic rings. The van der Waals surface area contributed by atoms with E-state index in [0.29, 0.717) is 6.04 Å². The van der Waals surface area contributed by atoms with E-state index < -0.39 is 0 Å². The predicted molar refractivity (Wildman–Crippen MR) is 112 cm³/mol. The fourth-order valence-electron chi connectivity index (χ4n) is 3.63.